The van der Waals surface area contributed by atoms with E-state index in [1.165, 1.54) is 22.8 Å². The zero-order valence-corrected chi connectivity index (χ0v) is 19.6. The summed E-state index contributed by atoms with van der Waals surface area (Å²) in [4.78, 5) is 18.6. The number of rotatable bonds is 6. The van der Waals surface area contributed by atoms with Crippen molar-refractivity contribution in [2.75, 3.05) is 25.5 Å². The van der Waals surface area contributed by atoms with Gasteiger partial charge in [0.15, 0.2) is 0 Å². The van der Waals surface area contributed by atoms with Gasteiger partial charge in [0.2, 0.25) is 27.6 Å². The Morgan fingerprint density at radius 2 is 2.09 bits per heavy atom. The van der Waals surface area contributed by atoms with Gasteiger partial charge in [-0.2, -0.15) is 9.29 Å². The lowest BCUT2D eigenvalue weighted by molar-refractivity contribution is -0.120. The van der Waals surface area contributed by atoms with Crippen LogP contribution in [0.2, 0.25) is 0 Å². The number of piperidine rings is 1. The van der Waals surface area contributed by atoms with E-state index in [1.807, 2.05) is 6.07 Å². The number of carbonyl (C=O) groups excluding carboxylic acids is 1. The van der Waals surface area contributed by atoms with E-state index in [0.29, 0.717) is 52.3 Å². The van der Waals surface area contributed by atoms with Crippen molar-refractivity contribution in [3.63, 3.8) is 0 Å². The summed E-state index contributed by atoms with van der Waals surface area (Å²) in [6.07, 6.45) is 1.21. The van der Waals surface area contributed by atoms with E-state index in [-0.39, 0.29) is 17.3 Å². The Morgan fingerprint density at radius 3 is 2.81 bits per heavy atom. The molecule has 0 radical (unpaired) electrons. The molecule has 0 bridgehead atoms. The van der Waals surface area contributed by atoms with Crippen LogP contribution in [0.1, 0.15) is 23.6 Å². The number of aryl methyl sites for hydroxylation is 2. The van der Waals surface area contributed by atoms with Crippen molar-refractivity contribution in [1.29, 1.82) is 0 Å². The van der Waals surface area contributed by atoms with Crippen molar-refractivity contribution < 1.29 is 22.5 Å². The molecule has 0 aliphatic carbocycles. The molecule has 3 aromatic rings. The normalized spacial score (nSPS) is 17.3. The molecular formula is C21H24N4O5S2. The third kappa shape index (κ3) is 4.41. The van der Waals surface area contributed by atoms with Crippen LogP contribution >= 0.6 is 11.3 Å². The summed E-state index contributed by atoms with van der Waals surface area (Å²) in [5.74, 6) is 0.653. The first-order valence-electron chi connectivity index (χ1n) is 10.1. The molecule has 11 heteroatoms. The standard InChI is InChI=1S/C21H24N4O5S2/c1-13-19(11-18(31-13)20-22-14(2)30-24-20)32(27,28)25-10-6-7-15(12-25)21(26)23-16-8-4-5-9-17(16)29-3/h4-5,8-9,11,15H,6-7,10,12H2,1-3H3,(H,23,26)/t15-/m0/s1. The van der Waals surface area contributed by atoms with Crippen LogP contribution in [0.3, 0.4) is 0 Å². The molecule has 1 fully saturated rings. The van der Waals surface area contributed by atoms with Crippen LogP contribution < -0.4 is 10.1 Å². The maximum atomic E-state index is 13.4. The molecular weight excluding hydrogens is 452 g/mol. The predicted octanol–water partition coefficient (Wildman–Crippen LogP) is 3.46. The Kier molecular flexibility index (Phi) is 6.31. The summed E-state index contributed by atoms with van der Waals surface area (Å²) in [5, 5.41) is 6.75. The van der Waals surface area contributed by atoms with E-state index < -0.39 is 15.9 Å². The Hall–Kier alpha value is -2.76. The van der Waals surface area contributed by atoms with Crippen LogP contribution in [0.4, 0.5) is 5.69 Å². The fraction of sp³-hybridized carbons (Fsp3) is 0.381. The summed E-state index contributed by atoms with van der Waals surface area (Å²) in [6, 6.07) is 8.71. The van der Waals surface area contributed by atoms with Crippen LogP contribution in [0.15, 0.2) is 39.8 Å². The molecule has 1 saturated heterocycles. The highest BCUT2D eigenvalue weighted by Crippen LogP contribution is 2.35. The van der Waals surface area contributed by atoms with Gasteiger partial charge in [0.1, 0.15) is 5.75 Å². The summed E-state index contributed by atoms with van der Waals surface area (Å²) < 4.78 is 38.5. The van der Waals surface area contributed by atoms with Crippen LogP contribution in [-0.2, 0) is 14.8 Å². The Balaban J connectivity index is 1.52. The second-order valence-corrected chi connectivity index (χ2v) is 10.7. The van der Waals surface area contributed by atoms with Gasteiger partial charge in [0, 0.05) is 24.9 Å². The number of benzene rings is 1. The highest BCUT2D eigenvalue weighted by atomic mass is 32.2. The summed E-state index contributed by atoms with van der Waals surface area (Å²) >= 11 is 1.30. The molecule has 0 spiro atoms. The molecule has 0 saturated carbocycles. The first-order valence-corrected chi connectivity index (χ1v) is 12.4. The number of nitrogens with zero attached hydrogens (tertiary/aromatic N) is 3. The molecule has 3 heterocycles. The lowest BCUT2D eigenvalue weighted by Gasteiger charge is -2.31. The lowest BCUT2D eigenvalue weighted by atomic mass is 9.98. The number of ether oxygens (including phenoxy) is 1. The molecule has 1 aliphatic heterocycles. The fourth-order valence-corrected chi connectivity index (χ4v) is 6.74. The maximum Gasteiger partial charge on any atom is 0.244 e. The minimum atomic E-state index is -3.77. The van der Waals surface area contributed by atoms with Gasteiger partial charge in [-0.05, 0) is 38.0 Å². The first kappa shape index (κ1) is 22.4. The van der Waals surface area contributed by atoms with E-state index in [1.54, 1.807) is 38.1 Å². The number of hydrogen-bond acceptors (Lipinski definition) is 8. The van der Waals surface area contributed by atoms with Crippen molar-refractivity contribution in [1.82, 2.24) is 14.4 Å². The monoisotopic (exact) mass is 476 g/mol. The number of para-hydroxylation sites is 2. The molecule has 9 nitrogen and oxygen atoms in total. The van der Waals surface area contributed by atoms with Crippen LogP contribution in [0.5, 0.6) is 5.75 Å². The second kappa shape index (κ2) is 9.00. The van der Waals surface area contributed by atoms with E-state index in [0.717, 1.165) is 0 Å². The van der Waals surface area contributed by atoms with Crippen molar-refractivity contribution >= 4 is 33.0 Å². The lowest BCUT2D eigenvalue weighted by Crippen LogP contribution is -2.43. The number of anilines is 1. The Morgan fingerprint density at radius 1 is 1.31 bits per heavy atom. The van der Waals surface area contributed by atoms with Crippen molar-refractivity contribution in [2.24, 2.45) is 5.92 Å². The maximum absolute atomic E-state index is 13.4. The smallest absolute Gasteiger partial charge is 0.244 e. The van der Waals surface area contributed by atoms with E-state index in [2.05, 4.69) is 15.5 Å². The number of sulfonamides is 1. The molecule has 1 atom stereocenters. The molecule has 32 heavy (non-hydrogen) atoms. The van der Waals surface area contributed by atoms with Crippen molar-refractivity contribution in [2.45, 2.75) is 31.6 Å². The summed E-state index contributed by atoms with van der Waals surface area (Å²) in [6.45, 7) is 3.92. The molecule has 0 unspecified atom stereocenters. The highest BCUT2D eigenvalue weighted by molar-refractivity contribution is 7.89. The molecule has 4 rings (SSSR count). The number of amides is 1. The predicted molar refractivity (Wildman–Crippen MR) is 120 cm³/mol. The first-order chi connectivity index (χ1) is 15.3. The largest absolute Gasteiger partial charge is 0.495 e. The Labute approximate surface area is 190 Å². The fourth-order valence-electron chi connectivity index (χ4n) is 3.73. The van der Waals surface area contributed by atoms with Crippen molar-refractivity contribution in [3.8, 4) is 16.5 Å². The molecule has 2 aromatic heterocycles. The number of nitrogens with one attached hydrogen (secondary N) is 1. The second-order valence-electron chi connectivity index (χ2n) is 7.56. The zero-order valence-electron chi connectivity index (χ0n) is 18.0. The number of methoxy groups -OCH3 is 1. The average Bonchev–Trinajstić information content (AvgIpc) is 3.40. The van der Waals surface area contributed by atoms with Crippen LogP contribution in [0.25, 0.3) is 10.7 Å². The van der Waals surface area contributed by atoms with Gasteiger partial charge in [-0.3, -0.25) is 4.79 Å². The molecule has 1 aliphatic rings. The topological polar surface area (TPSA) is 115 Å². The average molecular weight is 477 g/mol. The SMILES string of the molecule is COc1ccccc1NC(=O)[C@H]1CCCN(S(=O)(=O)c2cc(-c3noc(C)n3)sc2C)C1. The molecule has 1 amide bonds. The third-order valence-electron chi connectivity index (χ3n) is 5.36. The van der Waals surface area contributed by atoms with Crippen LogP contribution in [-0.4, -0.2) is 49.0 Å². The summed E-state index contributed by atoms with van der Waals surface area (Å²) in [7, 11) is -2.24. The third-order valence-corrected chi connectivity index (χ3v) is 8.52. The van der Waals surface area contributed by atoms with E-state index in [4.69, 9.17) is 9.26 Å². The number of carbonyl (C=O) groups is 1. The van der Waals surface area contributed by atoms with Crippen LogP contribution in [0, 0.1) is 19.8 Å². The molecule has 1 aromatic carbocycles. The number of thiophene rings is 1. The minimum Gasteiger partial charge on any atom is -0.495 e. The Bertz CT molecular complexity index is 1230. The quantitative estimate of drug-likeness (QED) is 0.579. The van der Waals surface area contributed by atoms with Gasteiger partial charge in [-0.15, -0.1) is 11.3 Å². The van der Waals surface area contributed by atoms with Crippen molar-refractivity contribution in [3.05, 3.63) is 41.1 Å². The number of aromatic nitrogens is 2. The highest BCUT2D eigenvalue weighted by Gasteiger charge is 2.35. The molecule has 1 N–H and O–H groups in total. The van der Waals surface area contributed by atoms with E-state index >= 15 is 0 Å². The minimum absolute atomic E-state index is 0.120. The number of hydrogen-bond donors (Lipinski definition) is 1. The van der Waals surface area contributed by atoms with Gasteiger partial charge >= 0.3 is 0 Å². The molecule has 170 valence electrons. The summed E-state index contributed by atoms with van der Waals surface area (Å²) in [5.41, 5.74) is 0.564. The van der Waals surface area contributed by atoms with Gasteiger partial charge in [-0.1, -0.05) is 17.3 Å². The zero-order chi connectivity index (χ0) is 22.9. The van der Waals surface area contributed by atoms with Gasteiger partial charge in [0.05, 0.1) is 28.5 Å². The van der Waals surface area contributed by atoms with E-state index in [9.17, 15) is 13.2 Å². The van der Waals surface area contributed by atoms with Gasteiger partial charge < -0.3 is 14.6 Å². The van der Waals surface area contributed by atoms with Gasteiger partial charge in [0.25, 0.3) is 0 Å². The van der Waals surface area contributed by atoms with Gasteiger partial charge in [-0.25, -0.2) is 8.42 Å².